The molecule has 1 amide bonds. The van der Waals surface area contributed by atoms with E-state index in [0.717, 1.165) is 13.0 Å². The minimum atomic E-state index is -0.483. The van der Waals surface area contributed by atoms with E-state index in [2.05, 4.69) is 10.3 Å². The van der Waals surface area contributed by atoms with Crippen molar-refractivity contribution in [2.75, 3.05) is 18.4 Å². The second kappa shape index (κ2) is 5.64. The van der Waals surface area contributed by atoms with Crippen molar-refractivity contribution in [1.29, 1.82) is 0 Å². The van der Waals surface area contributed by atoms with E-state index in [4.69, 9.17) is 0 Å². The van der Waals surface area contributed by atoms with Crippen LogP contribution in [0.3, 0.4) is 0 Å². The summed E-state index contributed by atoms with van der Waals surface area (Å²) in [5.74, 6) is 0.759. The Bertz CT molecular complexity index is 474. The lowest BCUT2D eigenvalue weighted by Gasteiger charge is -2.21. The number of hydrogen-bond donors (Lipinski definition) is 1. The lowest BCUT2D eigenvalue weighted by Crippen LogP contribution is -2.35. The Balaban J connectivity index is 1.89. The maximum atomic E-state index is 11.5. The number of carbonyl (C=O) groups excluding carboxylic acids is 1. The standard InChI is InChI=1S/C12H16N4O3/c1-9(8-15-6-2-3-12(15)17)14-11-5-4-10(7-13-11)16(18)19/h4-5,7,9H,2-3,6,8H2,1H3,(H,13,14)/t9-/m0/s1. The molecule has 102 valence electrons. The molecule has 0 radical (unpaired) electrons. The van der Waals surface area contributed by atoms with Gasteiger partial charge in [0.2, 0.25) is 5.91 Å². The largest absolute Gasteiger partial charge is 0.366 e. The molecule has 1 atom stereocenters. The summed E-state index contributed by atoms with van der Waals surface area (Å²) in [4.78, 5) is 27.3. The Morgan fingerprint density at radius 2 is 2.37 bits per heavy atom. The summed E-state index contributed by atoms with van der Waals surface area (Å²) < 4.78 is 0. The molecule has 0 aliphatic carbocycles. The van der Waals surface area contributed by atoms with Crippen LogP contribution in [0.2, 0.25) is 0 Å². The van der Waals surface area contributed by atoms with Crippen LogP contribution >= 0.6 is 0 Å². The average molecular weight is 264 g/mol. The van der Waals surface area contributed by atoms with Crippen molar-refractivity contribution in [1.82, 2.24) is 9.88 Å². The molecule has 19 heavy (non-hydrogen) atoms. The van der Waals surface area contributed by atoms with E-state index < -0.39 is 4.92 Å². The molecule has 1 aromatic rings. The first-order chi connectivity index (χ1) is 9.06. The van der Waals surface area contributed by atoms with Crippen molar-refractivity contribution in [3.63, 3.8) is 0 Å². The highest BCUT2D eigenvalue weighted by atomic mass is 16.6. The van der Waals surface area contributed by atoms with Gasteiger partial charge in [0.05, 0.1) is 4.92 Å². The quantitative estimate of drug-likeness (QED) is 0.641. The van der Waals surface area contributed by atoms with Crippen LogP contribution in [-0.4, -0.2) is 39.8 Å². The van der Waals surface area contributed by atoms with E-state index in [9.17, 15) is 14.9 Å². The van der Waals surface area contributed by atoms with Crippen molar-refractivity contribution >= 4 is 17.4 Å². The van der Waals surface area contributed by atoms with E-state index in [1.165, 1.54) is 12.3 Å². The maximum Gasteiger partial charge on any atom is 0.287 e. The summed E-state index contributed by atoms with van der Waals surface area (Å²) in [5.41, 5.74) is -0.0343. The van der Waals surface area contributed by atoms with E-state index in [0.29, 0.717) is 18.8 Å². The van der Waals surface area contributed by atoms with Gasteiger partial charge >= 0.3 is 0 Å². The molecule has 0 unspecified atom stereocenters. The number of rotatable bonds is 5. The molecule has 1 aliphatic heterocycles. The van der Waals surface area contributed by atoms with Crippen molar-refractivity contribution in [3.8, 4) is 0 Å². The molecule has 7 nitrogen and oxygen atoms in total. The van der Waals surface area contributed by atoms with Crippen LogP contribution in [0.4, 0.5) is 11.5 Å². The van der Waals surface area contributed by atoms with Crippen LogP contribution in [0, 0.1) is 10.1 Å². The fourth-order valence-corrected chi connectivity index (χ4v) is 2.11. The summed E-state index contributed by atoms with van der Waals surface area (Å²) in [7, 11) is 0. The molecule has 1 fully saturated rings. The second-order valence-corrected chi connectivity index (χ2v) is 4.65. The lowest BCUT2D eigenvalue weighted by atomic mass is 10.3. The normalized spacial score (nSPS) is 16.5. The van der Waals surface area contributed by atoms with Gasteiger partial charge in [0.25, 0.3) is 5.69 Å². The first kappa shape index (κ1) is 13.3. The predicted molar refractivity (Wildman–Crippen MR) is 69.8 cm³/mol. The van der Waals surface area contributed by atoms with Crippen LogP contribution in [0.25, 0.3) is 0 Å². The van der Waals surface area contributed by atoms with Crippen LogP contribution in [0.15, 0.2) is 18.3 Å². The maximum absolute atomic E-state index is 11.5. The fraction of sp³-hybridized carbons (Fsp3) is 0.500. The number of likely N-dealkylation sites (tertiary alicyclic amines) is 1. The average Bonchev–Trinajstić information content (AvgIpc) is 2.75. The third kappa shape index (κ3) is 3.40. The molecule has 1 N–H and O–H groups in total. The van der Waals surface area contributed by atoms with Gasteiger partial charge in [0, 0.05) is 31.6 Å². The Kier molecular flexibility index (Phi) is 3.94. The highest BCUT2D eigenvalue weighted by molar-refractivity contribution is 5.78. The second-order valence-electron chi connectivity index (χ2n) is 4.65. The number of nitrogens with zero attached hydrogens (tertiary/aromatic N) is 3. The van der Waals surface area contributed by atoms with Crippen LogP contribution in [0.1, 0.15) is 19.8 Å². The minimum Gasteiger partial charge on any atom is -0.366 e. The molecular formula is C12H16N4O3. The van der Waals surface area contributed by atoms with Gasteiger partial charge in [0.15, 0.2) is 0 Å². The van der Waals surface area contributed by atoms with Gasteiger partial charge in [-0.25, -0.2) is 4.98 Å². The SMILES string of the molecule is C[C@@H](CN1CCCC1=O)Nc1ccc([N+](=O)[O-])cn1. The molecule has 1 aromatic heterocycles. The summed E-state index contributed by atoms with van der Waals surface area (Å²) in [6.45, 7) is 3.38. The number of nitro groups is 1. The number of hydrogen-bond acceptors (Lipinski definition) is 5. The van der Waals surface area contributed by atoms with E-state index in [1.807, 2.05) is 11.8 Å². The number of amides is 1. The summed E-state index contributed by atoms with van der Waals surface area (Å²) in [6.07, 6.45) is 2.76. The monoisotopic (exact) mass is 264 g/mol. The first-order valence-electron chi connectivity index (χ1n) is 6.21. The van der Waals surface area contributed by atoms with Crippen molar-refractivity contribution < 1.29 is 9.72 Å². The molecule has 0 saturated carbocycles. The molecule has 0 bridgehead atoms. The van der Waals surface area contributed by atoms with E-state index in [1.54, 1.807) is 6.07 Å². The van der Waals surface area contributed by atoms with Crippen LogP contribution in [0.5, 0.6) is 0 Å². The van der Waals surface area contributed by atoms with Crippen molar-refractivity contribution in [2.24, 2.45) is 0 Å². The third-order valence-electron chi connectivity index (χ3n) is 3.02. The van der Waals surface area contributed by atoms with Gasteiger partial charge in [-0.3, -0.25) is 14.9 Å². The van der Waals surface area contributed by atoms with Crippen molar-refractivity contribution in [2.45, 2.75) is 25.8 Å². The Morgan fingerprint density at radius 3 is 2.89 bits per heavy atom. The number of nitrogens with one attached hydrogen (secondary N) is 1. The Morgan fingerprint density at radius 1 is 1.58 bits per heavy atom. The highest BCUT2D eigenvalue weighted by Gasteiger charge is 2.21. The molecule has 0 aromatic carbocycles. The summed E-state index contributed by atoms with van der Waals surface area (Å²) >= 11 is 0. The molecule has 7 heteroatoms. The zero-order valence-electron chi connectivity index (χ0n) is 10.7. The number of anilines is 1. The van der Waals surface area contributed by atoms with Gasteiger partial charge in [-0.15, -0.1) is 0 Å². The molecule has 1 aliphatic rings. The van der Waals surface area contributed by atoms with E-state index >= 15 is 0 Å². The third-order valence-corrected chi connectivity index (χ3v) is 3.02. The van der Waals surface area contributed by atoms with Gasteiger partial charge in [-0.1, -0.05) is 0 Å². The van der Waals surface area contributed by atoms with Gasteiger partial charge in [-0.05, 0) is 19.4 Å². The predicted octanol–water partition coefficient (Wildman–Crippen LogP) is 1.41. The minimum absolute atomic E-state index is 0.0343. The van der Waals surface area contributed by atoms with Crippen LogP contribution < -0.4 is 5.32 Å². The van der Waals surface area contributed by atoms with Crippen LogP contribution in [-0.2, 0) is 4.79 Å². The first-order valence-corrected chi connectivity index (χ1v) is 6.21. The topological polar surface area (TPSA) is 88.4 Å². The smallest absolute Gasteiger partial charge is 0.287 e. The number of carbonyl (C=O) groups is 1. The zero-order chi connectivity index (χ0) is 13.8. The van der Waals surface area contributed by atoms with Crippen molar-refractivity contribution in [3.05, 3.63) is 28.4 Å². The summed E-state index contributed by atoms with van der Waals surface area (Å²) in [5, 5.41) is 13.6. The molecule has 1 saturated heterocycles. The number of pyridine rings is 1. The summed E-state index contributed by atoms with van der Waals surface area (Å²) in [6, 6.07) is 3.03. The van der Waals surface area contributed by atoms with Gasteiger partial charge < -0.3 is 10.2 Å². The molecular weight excluding hydrogens is 248 g/mol. The number of aromatic nitrogens is 1. The molecule has 0 spiro atoms. The van der Waals surface area contributed by atoms with E-state index in [-0.39, 0.29) is 17.6 Å². The lowest BCUT2D eigenvalue weighted by molar-refractivity contribution is -0.385. The Hall–Kier alpha value is -2.18. The molecule has 2 heterocycles. The van der Waals surface area contributed by atoms with Gasteiger partial charge in [0.1, 0.15) is 12.0 Å². The zero-order valence-corrected chi connectivity index (χ0v) is 10.7. The van der Waals surface area contributed by atoms with Gasteiger partial charge in [-0.2, -0.15) is 0 Å². The highest BCUT2D eigenvalue weighted by Crippen LogP contribution is 2.14. The Labute approximate surface area is 110 Å². The fourth-order valence-electron chi connectivity index (χ4n) is 2.11. The molecule has 2 rings (SSSR count).